The van der Waals surface area contributed by atoms with Gasteiger partial charge < -0.3 is 19.5 Å². The number of carbonyl (C=O) groups is 2. The fourth-order valence-corrected chi connectivity index (χ4v) is 4.70. The van der Waals surface area contributed by atoms with Crippen molar-refractivity contribution in [2.45, 2.75) is 33.6 Å². The van der Waals surface area contributed by atoms with Gasteiger partial charge in [0, 0.05) is 10.4 Å². The van der Waals surface area contributed by atoms with Gasteiger partial charge in [-0.05, 0) is 61.7 Å². The van der Waals surface area contributed by atoms with Crippen LogP contribution in [-0.2, 0) is 9.53 Å². The van der Waals surface area contributed by atoms with Gasteiger partial charge in [0.25, 0.3) is 5.91 Å². The molecule has 1 amide bonds. The zero-order chi connectivity index (χ0) is 26.8. The highest BCUT2D eigenvalue weighted by Crippen LogP contribution is 2.41. The van der Waals surface area contributed by atoms with Crippen molar-refractivity contribution in [1.29, 1.82) is 5.26 Å². The number of thiophene rings is 1. The van der Waals surface area contributed by atoms with Crippen molar-refractivity contribution < 1.29 is 23.8 Å². The number of rotatable bonds is 11. The van der Waals surface area contributed by atoms with Crippen LogP contribution in [0.2, 0.25) is 0 Å². The van der Waals surface area contributed by atoms with E-state index in [9.17, 15) is 14.9 Å². The number of ether oxygens (including phenoxy) is 3. The minimum atomic E-state index is -0.615. The Morgan fingerprint density at radius 2 is 1.68 bits per heavy atom. The molecule has 7 nitrogen and oxygen atoms in total. The van der Waals surface area contributed by atoms with Crippen molar-refractivity contribution in [3.8, 4) is 28.7 Å². The number of benzene rings is 2. The number of nitrogens with one attached hydrogen (secondary N) is 1. The third-order valence-corrected chi connectivity index (χ3v) is 6.50. The van der Waals surface area contributed by atoms with Crippen LogP contribution in [0.1, 0.15) is 47.5 Å². The van der Waals surface area contributed by atoms with E-state index in [4.69, 9.17) is 14.2 Å². The number of anilines is 1. The van der Waals surface area contributed by atoms with E-state index < -0.39 is 11.9 Å². The lowest BCUT2D eigenvalue weighted by atomic mass is 10.0. The smallest absolute Gasteiger partial charge is 0.341 e. The van der Waals surface area contributed by atoms with E-state index in [1.807, 2.05) is 44.2 Å². The Labute approximate surface area is 221 Å². The van der Waals surface area contributed by atoms with Gasteiger partial charge in [0.2, 0.25) is 0 Å². The van der Waals surface area contributed by atoms with Crippen LogP contribution < -0.4 is 14.8 Å². The van der Waals surface area contributed by atoms with Gasteiger partial charge in [0.05, 0.1) is 20.3 Å². The first-order valence-corrected chi connectivity index (χ1v) is 12.8. The molecule has 192 valence electrons. The Balaban J connectivity index is 1.87. The van der Waals surface area contributed by atoms with E-state index >= 15 is 0 Å². The average molecular weight is 519 g/mol. The zero-order valence-electron chi connectivity index (χ0n) is 21.4. The number of hydrogen-bond donors (Lipinski definition) is 1. The molecule has 0 atom stereocenters. The second kappa shape index (κ2) is 13.3. The summed E-state index contributed by atoms with van der Waals surface area (Å²) in [6.07, 6.45) is 3.51. The van der Waals surface area contributed by atoms with E-state index in [0.717, 1.165) is 34.8 Å². The number of carbonyl (C=O) groups excluding carboxylic acids is 2. The van der Waals surface area contributed by atoms with E-state index in [-0.39, 0.29) is 11.1 Å². The number of nitrogens with zero attached hydrogens (tertiary/aromatic N) is 1. The van der Waals surface area contributed by atoms with Crippen molar-refractivity contribution in [3.05, 3.63) is 70.1 Å². The summed E-state index contributed by atoms with van der Waals surface area (Å²) in [6.45, 7) is 7.05. The second-order valence-electron chi connectivity index (χ2n) is 8.08. The number of amides is 1. The number of unbranched alkanes of at least 4 members (excludes halogenated alkanes) is 1. The molecule has 0 spiro atoms. The molecular weight excluding hydrogens is 488 g/mol. The molecule has 0 unspecified atom stereocenters. The van der Waals surface area contributed by atoms with Gasteiger partial charge >= 0.3 is 5.97 Å². The van der Waals surface area contributed by atoms with Crippen molar-refractivity contribution in [1.82, 2.24) is 0 Å². The summed E-state index contributed by atoms with van der Waals surface area (Å²) in [4.78, 5) is 26.6. The Morgan fingerprint density at radius 1 is 1.03 bits per heavy atom. The molecule has 0 fully saturated rings. The minimum Gasteiger partial charge on any atom is -0.494 e. The summed E-state index contributed by atoms with van der Waals surface area (Å²) in [7, 11) is 1.29. The van der Waals surface area contributed by atoms with Gasteiger partial charge in [-0.1, -0.05) is 37.6 Å². The van der Waals surface area contributed by atoms with Gasteiger partial charge in [-0.15, -0.1) is 11.3 Å². The topological polar surface area (TPSA) is 97.6 Å². The van der Waals surface area contributed by atoms with Crippen molar-refractivity contribution in [2.24, 2.45) is 0 Å². The lowest BCUT2D eigenvalue weighted by molar-refractivity contribution is -0.112. The molecule has 0 saturated carbocycles. The van der Waals surface area contributed by atoms with Gasteiger partial charge in [0.1, 0.15) is 33.7 Å². The predicted molar refractivity (Wildman–Crippen MR) is 146 cm³/mol. The summed E-state index contributed by atoms with van der Waals surface area (Å²) in [5.74, 6) is 0.254. The summed E-state index contributed by atoms with van der Waals surface area (Å²) in [6, 6.07) is 16.5. The summed E-state index contributed by atoms with van der Waals surface area (Å²) < 4.78 is 16.2. The van der Waals surface area contributed by atoms with Crippen LogP contribution in [0.25, 0.3) is 17.2 Å². The molecule has 3 rings (SSSR count). The molecule has 1 heterocycles. The maximum atomic E-state index is 13.0. The van der Waals surface area contributed by atoms with Crippen LogP contribution in [0, 0.1) is 18.3 Å². The van der Waals surface area contributed by atoms with Gasteiger partial charge in [-0.25, -0.2) is 4.79 Å². The predicted octanol–water partition coefficient (Wildman–Crippen LogP) is 6.63. The largest absolute Gasteiger partial charge is 0.494 e. The fourth-order valence-electron chi connectivity index (χ4n) is 3.64. The number of nitriles is 1. The molecule has 0 aliphatic rings. The molecule has 3 aromatic rings. The maximum Gasteiger partial charge on any atom is 0.341 e. The van der Waals surface area contributed by atoms with E-state index in [0.29, 0.717) is 29.3 Å². The van der Waals surface area contributed by atoms with E-state index in [1.165, 1.54) is 24.5 Å². The van der Waals surface area contributed by atoms with Crippen LogP contribution in [-0.4, -0.2) is 32.2 Å². The average Bonchev–Trinajstić information content (AvgIpc) is 3.23. The monoisotopic (exact) mass is 518 g/mol. The zero-order valence-corrected chi connectivity index (χ0v) is 22.2. The van der Waals surface area contributed by atoms with Crippen LogP contribution in [0.15, 0.2) is 54.1 Å². The molecule has 0 aliphatic heterocycles. The number of methoxy groups -OCH3 is 1. The van der Waals surface area contributed by atoms with Gasteiger partial charge in [-0.3, -0.25) is 4.79 Å². The van der Waals surface area contributed by atoms with Crippen LogP contribution >= 0.6 is 11.3 Å². The van der Waals surface area contributed by atoms with Crippen LogP contribution in [0.5, 0.6) is 11.5 Å². The van der Waals surface area contributed by atoms with Gasteiger partial charge in [0.15, 0.2) is 0 Å². The number of esters is 1. The second-order valence-corrected chi connectivity index (χ2v) is 9.31. The molecule has 37 heavy (non-hydrogen) atoms. The molecule has 0 bridgehead atoms. The molecule has 8 heteroatoms. The fraction of sp³-hybridized carbons (Fsp3) is 0.276. The molecule has 1 aromatic heterocycles. The lowest BCUT2D eigenvalue weighted by Gasteiger charge is -2.09. The molecule has 1 N–H and O–H groups in total. The number of aryl methyl sites for hydroxylation is 1. The Bertz CT molecular complexity index is 1300. The quantitative estimate of drug-likeness (QED) is 0.132. The third kappa shape index (κ3) is 6.99. The molecule has 2 aromatic carbocycles. The van der Waals surface area contributed by atoms with Gasteiger partial charge in [-0.2, -0.15) is 5.26 Å². The SMILES string of the molecule is CCCCOc1ccc(/C=C(\C#N)C(=O)Nc2sc(C)c(-c3ccc(OCC)cc3)c2C(=O)OC)cc1. The highest BCUT2D eigenvalue weighted by atomic mass is 32.1. The van der Waals surface area contributed by atoms with Crippen LogP contribution in [0.3, 0.4) is 0 Å². The summed E-state index contributed by atoms with van der Waals surface area (Å²) >= 11 is 1.25. The highest BCUT2D eigenvalue weighted by molar-refractivity contribution is 7.17. The summed E-state index contributed by atoms with van der Waals surface area (Å²) in [5.41, 5.74) is 2.28. The van der Waals surface area contributed by atoms with Crippen molar-refractivity contribution in [2.75, 3.05) is 25.6 Å². The van der Waals surface area contributed by atoms with Crippen LogP contribution in [0.4, 0.5) is 5.00 Å². The number of hydrogen-bond acceptors (Lipinski definition) is 7. The van der Waals surface area contributed by atoms with Crippen molar-refractivity contribution >= 4 is 34.3 Å². The first-order valence-electron chi connectivity index (χ1n) is 12.0. The third-order valence-electron chi connectivity index (χ3n) is 5.48. The Kier molecular flexibility index (Phi) is 9.87. The Hall–Kier alpha value is -4.09. The Morgan fingerprint density at radius 3 is 2.27 bits per heavy atom. The molecule has 0 radical (unpaired) electrons. The molecular formula is C29H30N2O5S. The maximum absolute atomic E-state index is 13.0. The first kappa shape index (κ1) is 27.5. The first-order chi connectivity index (χ1) is 17.9. The standard InChI is InChI=1S/C29H30N2O5S/c1-5-7-16-36-24-12-8-20(9-13-24)17-22(18-30)27(32)31-28-26(29(33)34-4)25(19(3)37-28)21-10-14-23(15-11-21)35-6-2/h8-15,17H,5-7,16H2,1-4H3,(H,31,32)/b22-17+. The lowest BCUT2D eigenvalue weighted by Crippen LogP contribution is -2.15. The van der Waals surface area contributed by atoms with E-state index in [1.54, 1.807) is 24.3 Å². The van der Waals surface area contributed by atoms with E-state index in [2.05, 4.69) is 12.2 Å². The van der Waals surface area contributed by atoms with Crippen molar-refractivity contribution in [3.63, 3.8) is 0 Å². The highest BCUT2D eigenvalue weighted by Gasteiger charge is 2.26. The summed E-state index contributed by atoms with van der Waals surface area (Å²) in [5, 5.41) is 12.7. The molecule has 0 saturated heterocycles. The normalized spacial score (nSPS) is 10.9. The minimum absolute atomic E-state index is 0.0934. The molecule has 0 aliphatic carbocycles.